The second kappa shape index (κ2) is 6.51. The Morgan fingerprint density at radius 3 is 2.25 bits per heavy atom. The summed E-state index contributed by atoms with van der Waals surface area (Å²) < 4.78 is 13.1. The van der Waals surface area contributed by atoms with Gasteiger partial charge in [0.2, 0.25) is 0 Å². The van der Waals surface area contributed by atoms with Gasteiger partial charge >= 0.3 is 0 Å². The number of rotatable bonds is 3. The summed E-state index contributed by atoms with van der Waals surface area (Å²) in [4.78, 5) is 4.30. The van der Waals surface area contributed by atoms with Crippen molar-refractivity contribution >= 4 is 5.82 Å². The van der Waals surface area contributed by atoms with Gasteiger partial charge in [0.1, 0.15) is 23.3 Å². The highest BCUT2D eigenvalue weighted by atomic mass is 19.1. The van der Waals surface area contributed by atoms with Crippen LogP contribution in [0.5, 0.6) is 0 Å². The molecule has 0 unspecified atom stereocenters. The topological polar surface area (TPSA) is 62.7 Å². The molecule has 3 rings (SSSR count). The predicted molar refractivity (Wildman–Crippen MR) is 93.6 cm³/mol. The number of nitrogens with two attached hydrogens (primary N) is 1. The Hall–Kier alpha value is -3.19. The average Bonchev–Trinajstić information content (AvgIpc) is 2.61. The first-order chi connectivity index (χ1) is 11.6. The lowest BCUT2D eigenvalue weighted by Gasteiger charge is -2.11. The van der Waals surface area contributed by atoms with Crippen LogP contribution >= 0.6 is 0 Å². The third-order valence-electron chi connectivity index (χ3n) is 3.97. The second-order valence-corrected chi connectivity index (χ2v) is 5.48. The molecule has 0 atom stereocenters. The van der Waals surface area contributed by atoms with Gasteiger partial charge in [-0.25, -0.2) is 9.37 Å². The second-order valence-electron chi connectivity index (χ2n) is 5.48. The maximum absolute atomic E-state index is 13.1. The molecule has 3 aromatic rings. The monoisotopic (exact) mass is 317 g/mol. The van der Waals surface area contributed by atoms with E-state index in [-0.39, 0.29) is 11.6 Å². The van der Waals surface area contributed by atoms with Crippen molar-refractivity contribution in [2.24, 2.45) is 0 Å². The van der Waals surface area contributed by atoms with Crippen molar-refractivity contribution in [1.82, 2.24) is 4.98 Å². The zero-order valence-corrected chi connectivity index (χ0v) is 13.3. The standard InChI is InChI=1S/C20H16FN3/c1-2-13-3-5-14(6-4-13)17-11-19(24-20(23)18(17)12-22)15-7-9-16(21)10-8-15/h3-11H,2H2,1H3,(H2,23,24). The third kappa shape index (κ3) is 2.97. The van der Waals surface area contributed by atoms with E-state index in [4.69, 9.17) is 5.73 Å². The van der Waals surface area contributed by atoms with E-state index >= 15 is 0 Å². The highest BCUT2D eigenvalue weighted by Crippen LogP contribution is 2.31. The maximum Gasteiger partial charge on any atom is 0.142 e. The molecule has 1 aromatic heterocycles. The molecule has 0 aliphatic heterocycles. The van der Waals surface area contributed by atoms with Crippen LogP contribution in [-0.2, 0) is 6.42 Å². The van der Waals surface area contributed by atoms with E-state index in [1.807, 2.05) is 30.3 Å². The minimum atomic E-state index is -0.309. The number of aromatic nitrogens is 1. The van der Waals surface area contributed by atoms with Gasteiger partial charge in [-0.15, -0.1) is 0 Å². The Balaban J connectivity index is 2.16. The van der Waals surface area contributed by atoms with E-state index in [0.29, 0.717) is 11.3 Å². The molecule has 2 aromatic carbocycles. The van der Waals surface area contributed by atoms with E-state index in [2.05, 4.69) is 18.0 Å². The van der Waals surface area contributed by atoms with E-state index in [1.165, 1.54) is 17.7 Å². The Labute approximate surface area is 140 Å². The summed E-state index contributed by atoms with van der Waals surface area (Å²) >= 11 is 0. The van der Waals surface area contributed by atoms with Crippen LogP contribution < -0.4 is 5.73 Å². The Bertz CT molecular complexity index is 907. The zero-order valence-electron chi connectivity index (χ0n) is 13.3. The van der Waals surface area contributed by atoms with Crippen LogP contribution in [0.3, 0.4) is 0 Å². The largest absolute Gasteiger partial charge is 0.383 e. The van der Waals surface area contributed by atoms with Gasteiger partial charge in [-0.2, -0.15) is 5.26 Å². The number of pyridine rings is 1. The molecule has 3 nitrogen and oxygen atoms in total. The van der Waals surface area contributed by atoms with Crippen molar-refractivity contribution in [3.05, 3.63) is 71.5 Å². The first kappa shape index (κ1) is 15.7. The molecule has 2 N–H and O–H groups in total. The smallest absolute Gasteiger partial charge is 0.142 e. The fourth-order valence-corrected chi connectivity index (χ4v) is 2.60. The Morgan fingerprint density at radius 2 is 1.67 bits per heavy atom. The molecule has 0 aliphatic rings. The van der Waals surface area contributed by atoms with E-state index in [0.717, 1.165) is 23.1 Å². The molecule has 0 radical (unpaired) electrons. The van der Waals surface area contributed by atoms with Gasteiger partial charge in [0.25, 0.3) is 0 Å². The molecule has 0 bridgehead atoms. The molecular formula is C20H16FN3. The van der Waals surface area contributed by atoms with E-state index < -0.39 is 0 Å². The van der Waals surface area contributed by atoms with Gasteiger partial charge in [0.05, 0.1) is 5.69 Å². The maximum atomic E-state index is 13.1. The number of hydrogen-bond donors (Lipinski definition) is 1. The molecule has 0 spiro atoms. The molecule has 4 heteroatoms. The van der Waals surface area contributed by atoms with Crippen LogP contribution in [0.25, 0.3) is 22.4 Å². The molecule has 0 fully saturated rings. The minimum absolute atomic E-state index is 0.175. The average molecular weight is 317 g/mol. The van der Waals surface area contributed by atoms with Gasteiger partial charge in [0, 0.05) is 11.1 Å². The summed E-state index contributed by atoms with van der Waals surface area (Å²) in [6, 6.07) is 18.0. The number of benzene rings is 2. The summed E-state index contributed by atoms with van der Waals surface area (Å²) in [5.41, 5.74) is 10.6. The highest BCUT2D eigenvalue weighted by molar-refractivity contribution is 5.80. The highest BCUT2D eigenvalue weighted by Gasteiger charge is 2.13. The van der Waals surface area contributed by atoms with Gasteiger partial charge in [-0.1, -0.05) is 31.2 Å². The first-order valence-electron chi connectivity index (χ1n) is 7.68. The van der Waals surface area contributed by atoms with Gasteiger partial charge < -0.3 is 5.73 Å². The summed E-state index contributed by atoms with van der Waals surface area (Å²) in [6.07, 6.45) is 0.949. The van der Waals surface area contributed by atoms with Crippen LogP contribution in [0.4, 0.5) is 10.2 Å². The summed E-state index contributed by atoms with van der Waals surface area (Å²) in [6.45, 7) is 2.09. The predicted octanol–water partition coefficient (Wildman–Crippen LogP) is 4.57. The number of nitrogen functional groups attached to an aromatic ring is 1. The Kier molecular flexibility index (Phi) is 4.26. The number of aryl methyl sites for hydroxylation is 1. The fraction of sp³-hybridized carbons (Fsp3) is 0.100. The number of nitriles is 1. The molecule has 0 saturated heterocycles. The van der Waals surface area contributed by atoms with Crippen LogP contribution in [0.2, 0.25) is 0 Å². The number of halogens is 1. The minimum Gasteiger partial charge on any atom is -0.383 e. The lowest BCUT2D eigenvalue weighted by molar-refractivity contribution is 0.628. The molecule has 24 heavy (non-hydrogen) atoms. The number of anilines is 1. The SMILES string of the molecule is CCc1ccc(-c2cc(-c3ccc(F)cc3)nc(N)c2C#N)cc1. The molecule has 0 amide bonds. The summed E-state index contributed by atoms with van der Waals surface area (Å²) in [5.74, 6) is -0.135. The fourth-order valence-electron chi connectivity index (χ4n) is 2.60. The summed E-state index contributed by atoms with van der Waals surface area (Å²) in [5, 5.41) is 9.44. The van der Waals surface area contributed by atoms with Crippen LogP contribution in [0, 0.1) is 17.1 Å². The van der Waals surface area contributed by atoms with Crippen LogP contribution in [0.1, 0.15) is 18.1 Å². The quantitative estimate of drug-likeness (QED) is 0.769. The molecule has 0 saturated carbocycles. The van der Waals surface area contributed by atoms with Crippen molar-refractivity contribution in [2.75, 3.05) is 5.73 Å². The lowest BCUT2D eigenvalue weighted by atomic mass is 9.97. The van der Waals surface area contributed by atoms with Gasteiger partial charge in [-0.05, 0) is 47.9 Å². The number of hydrogen-bond acceptors (Lipinski definition) is 3. The lowest BCUT2D eigenvalue weighted by Crippen LogP contribution is -2.00. The van der Waals surface area contributed by atoms with Crippen molar-refractivity contribution in [3.8, 4) is 28.5 Å². The van der Waals surface area contributed by atoms with E-state index in [1.54, 1.807) is 12.1 Å². The van der Waals surface area contributed by atoms with Crippen molar-refractivity contribution in [1.29, 1.82) is 5.26 Å². The van der Waals surface area contributed by atoms with Gasteiger partial charge in [-0.3, -0.25) is 0 Å². The third-order valence-corrected chi connectivity index (χ3v) is 3.97. The molecule has 118 valence electrons. The van der Waals surface area contributed by atoms with E-state index in [9.17, 15) is 9.65 Å². The van der Waals surface area contributed by atoms with Crippen molar-refractivity contribution in [3.63, 3.8) is 0 Å². The van der Waals surface area contributed by atoms with Gasteiger partial charge in [0.15, 0.2) is 0 Å². The first-order valence-corrected chi connectivity index (χ1v) is 7.68. The molecule has 1 heterocycles. The van der Waals surface area contributed by atoms with Crippen LogP contribution in [0.15, 0.2) is 54.6 Å². The normalized spacial score (nSPS) is 10.4. The molecular weight excluding hydrogens is 301 g/mol. The van der Waals surface area contributed by atoms with Crippen molar-refractivity contribution < 1.29 is 4.39 Å². The van der Waals surface area contributed by atoms with Crippen LogP contribution in [-0.4, -0.2) is 4.98 Å². The number of nitrogens with zero attached hydrogens (tertiary/aromatic N) is 2. The summed E-state index contributed by atoms with van der Waals surface area (Å²) in [7, 11) is 0. The zero-order chi connectivity index (χ0) is 17.1. The van der Waals surface area contributed by atoms with Crippen molar-refractivity contribution in [2.45, 2.75) is 13.3 Å². The molecule has 0 aliphatic carbocycles. The Morgan fingerprint density at radius 1 is 1.04 bits per heavy atom.